The van der Waals surface area contributed by atoms with Crippen LogP contribution in [0, 0.1) is 5.82 Å². The summed E-state index contributed by atoms with van der Waals surface area (Å²) in [7, 11) is 1.85. The van der Waals surface area contributed by atoms with Crippen LogP contribution in [0.25, 0.3) is 0 Å². The summed E-state index contributed by atoms with van der Waals surface area (Å²) in [6, 6.07) is 10.6. The van der Waals surface area contributed by atoms with Crippen LogP contribution in [0.2, 0.25) is 0 Å². The number of imidazole rings is 1. The van der Waals surface area contributed by atoms with Crippen LogP contribution in [0.4, 0.5) is 4.39 Å². The topological polar surface area (TPSA) is 65.4 Å². The van der Waals surface area contributed by atoms with Crippen molar-refractivity contribution in [3.63, 3.8) is 0 Å². The Morgan fingerprint density at radius 1 is 1.13 bits per heavy atom. The first-order valence-electron chi connectivity index (χ1n) is 9.96. The summed E-state index contributed by atoms with van der Waals surface area (Å²) >= 11 is 0. The number of nitrogens with zero attached hydrogens (tertiary/aromatic N) is 2. The quantitative estimate of drug-likeness (QED) is 0.571. The van der Waals surface area contributed by atoms with Crippen molar-refractivity contribution in [1.29, 1.82) is 0 Å². The summed E-state index contributed by atoms with van der Waals surface area (Å²) in [5, 5.41) is 3.00. The molecule has 0 bridgehead atoms. The van der Waals surface area contributed by atoms with Crippen LogP contribution >= 0.6 is 0 Å². The Hall–Kier alpha value is -3.35. The lowest BCUT2D eigenvalue weighted by Crippen LogP contribution is -2.31. The number of carbonyl (C=O) groups excluding carboxylic acids is 1. The normalized spacial score (nSPS) is 11.7. The standard InChI is InChI=1S/C23H26FN3O3/c1-4-14-30-19-11-8-17(15-20(19)29-5-2)23(28)26-21(22-25-12-13-27(22)3)16-6-9-18(24)10-7-16/h6-13,15,21H,4-5,14H2,1-3H3,(H,26,28). The number of carbonyl (C=O) groups is 1. The first-order valence-corrected chi connectivity index (χ1v) is 9.96. The fourth-order valence-corrected chi connectivity index (χ4v) is 3.07. The van der Waals surface area contributed by atoms with Crippen LogP contribution in [-0.2, 0) is 7.05 Å². The van der Waals surface area contributed by atoms with Gasteiger partial charge in [0.05, 0.1) is 13.2 Å². The van der Waals surface area contributed by atoms with Crippen LogP contribution in [0.15, 0.2) is 54.9 Å². The highest BCUT2D eigenvalue weighted by molar-refractivity contribution is 5.95. The number of aromatic nitrogens is 2. The Balaban J connectivity index is 1.89. The number of nitrogens with one attached hydrogen (secondary N) is 1. The minimum Gasteiger partial charge on any atom is -0.490 e. The van der Waals surface area contributed by atoms with E-state index < -0.39 is 6.04 Å². The summed E-state index contributed by atoms with van der Waals surface area (Å²) in [4.78, 5) is 17.4. The molecule has 158 valence electrons. The molecule has 0 fully saturated rings. The lowest BCUT2D eigenvalue weighted by Gasteiger charge is -2.20. The summed E-state index contributed by atoms with van der Waals surface area (Å²) in [5.41, 5.74) is 1.16. The molecule has 0 spiro atoms. The van der Waals surface area contributed by atoms with E-state index in [1.807, 2.05) is 25.5 Å². The van der Waals surface area contributed by atoms with Gasteiger partial charge in [0.2, 0.25) is 0 Å². The molecular formula is C23H26FN3O3. The number of benzene rings is 2. The zero-order valence-corrected chi connectivity index (χ0v) is 17.4. The van der Waals surface area contributed by atoms with Crippen molar-refractivity contribution in [2.45, 2.75) is 26.3 Å². The first-order chi connectivity index (χ1) is 14.5. The van der Waals surface area contributed by atoms with Crippen LogP contribution in [-0.4, -0.2) is 28.7 Å². The average molecular weight is 411 g/mol. The van der Waals surface area contributed by atoms with Crippen LogP contribution in [0.5, 0.6) is 11.5 Å². The van der Waals surface area contributed by atoms with Crippen LogP contribution in [0.3, 0.4) is 0 Å². The molecule has 0 aliphatic carbocycles. The molecule has 1 unspecified atom stereocenters. The molecule has 0 aliphatic heterocycles. The minimum atomic E-state index is -0.537. The second-order valence-corrected chi connectivity index (χ2v) is 6.80. The molecule has 1 N–H and O–H groups in total. The van der Waals surface area contributed by atoms with Gasteiger partial charge in [-0.2, -0.15) is 0 Å². The lowest BCUT2D eigenvalue weighted by molar-refractivity contribution is 0.0940. The van der Waals surface area contributed by atoms with Gasteiger partial charge >= 0.3 is 0 Å². The van der Waals surface area contributed by atoms with E-state index >= 15 is 0 Å². The molecule has 3 aromatic rings. The average Bonchev–Trinajstić information content (AvgIpc) is 3.17. The molecule has 0 saturated carbocycles. The maximum atomic E-state index is 13.4. The summed E-state index contributed by atoms with van der Waals surface area (Å²) in [6.07, 6.45) is 4.33. The van der Waals surface area contributed by atoms with E-state index in [1.165, 1.54) is 12.1 Å². The van der Waals surface area contributed by atoms with Crippen molar-refractivity contribution in [2.24, 2.45) is 7.05 Å². The largest absolute Gasteiger partial charge is 0.490 e. The number of halogens is 1. The molecule has 1 aromatic heterocycles. The number of amides is 1. The molecule has 0 saturated heterocycles. The highest BCUT2D eigenvalue weighted by atomic mass is 19.1. The predicted molar refractivity (Wildman–Crippen MR) is 112 cm³/mol. The molecule has 0 aliphatic rings. The van der Waals surface area contributed by atoms with E-state index in [2.05, 4.69) is 10.3 Å². The summed E-state index contributed by atoms with van der Waals surface area (Å²) < 4.78 is 26.6. The molecular weight excluding hydrogens is 385 g/mol. The molecule has 3 rings (SSSR count). The Labute approximate surface area is 175 Å². The highest BCUT2D eigenvalue weighted by Gasteiger charge is 2.22. The van der Waals surface area contributed by atoms with E-state index in [-0.39, 0.29) is 11.7 Å². The fourth-order valence-electron chi connectivity index (χ4n) is 3.07. The molecule has 1 atom stereocenters. The summed E-state index contributed by atoms with van der Waals surface area (Å²) in [5.74, 6) is 1.13. The van der Waals surface area contributed by atoms with Crippen molar-refractivity contribution in [2.75, 3.05) is 13.2 Å². The van der Waals surface area contributed by atoms with Gasteiger partial charge < -0.3 is 19.4 Å². The first kappa shape index (κ1) is 21.4. The summed E-state index contributed by atoms with van der Waals surface area (Å²) in [6.45, 7) is 4.92. The molecule has 2 aromatic carbocycles. The minimum absolute atomic E-state index is 0.296. The van der Waals surface area contributed by atoms with Gasteiger partial charge in [-0.05, 0) is 49.2 Å². The van der Waals surface area contributed by atoms with Crippen molar-refractivity contribution < 1.29 is 18.7 Å². The molecule has 1 amide bonds. The maximum absolute atomic E-state index is 13.4. The van der Waals surface area contributed by atoms with E-state index in [1.54, 1.807) is 42.7 Å². The Morgan fingerprint density at radius 2 is 1.90 bits per heavy atom. The number of rotatable bonds is 9. The third-order valence-electron chi connectivity index (χ3n) is 4.56. The van der Waals surface area contributed by atoms with E-state index in [9.17, 15) is 9.18 Å². The van der Waals surface area contributed by atoms with E-state index in [0.29, 0.717) is 36.1 Å². The van der Waals surface area contributed by atoms with Gasteiger partial charge in [0.25, 0.3) is 5.91 Å². The smallest absolute Gasteiger partial charge is 0.252 e. The number of aryl methyl sites for hydroxylation is 1. The lowest BCUT2D eigenvalue weighted by atomic mass is 10.0. The Morgan fingerprint density at radius 3 is 2.53 bits per heavy atom. The SMILES string of the molecule is CCCOc1ccc(C(=O)NC(c2ccc(F)cc2)c2nccn2C)cc1OCC. The molecule has 0 radical (unpaired) electrons. The van der Waals surface area contributed by atoms with Crippen LogP contribution in [0.1, 0.15) is 48.1 Å². The van der Waals surface area contributed by atoms with Crippen molar-refractivity contribution in [1.82, 2.24) is 14.9 Å². The fraction of sp³-hybridized carbons (Fsp3) is 0.304. The van der Waals surface area contributed by atoms with Gasteiger partial charge in [-0.3, -0.25) is 4.79 Å². The molecule has 1 heterocycles. The number of ether oxygens (including phenoxy) is 2. The molecule has 30 heavy (non-hydrogen) atoms. The number of hydrogen-bond acceptors (Lipinski definition) is 4. The highest BCUT2D eigenvalue weighted by Crippen LogP contribution is 2.29. The van der Waals surface area contributed by atoms with E-state index in [4.69, 9.17) is 9.47 Å². The van der Waals surface area contributed by atoms with Gasteiger partial charge in [-0.15, -0.1) is 0 Å². The second-order valence-electron chi connectivity index (χ2n) is 6.80. The predicted octanol–water partition coefficient (Wildman–Crippen LogP) is 4.27. The van der Waals surface area contributed by atoms with Gasteiger partial charge in [0.15, 0.2) is 11.5 Å². The third-order valence-corrected chi connectivity index (χ3v) is 4.56. The molecule has 6 nitrogen and oxygen atoms in total. The van der Waals surface area contributed by atoms with Gasteiger partial charge in [0.1, 0.15) is 17.7 Å². The van der Waals surface area contributed by atoms with Gasteiger partial charge in [0, 0.05) is 25.0 Å². The monoisotopic (exact) mass is 411 g/mol. The second kappa shape index (κ2) is 9.91. The van der Waals surface area contributed by atoms with Crippen molar-refractivity contribution >= 4 is 5.91 Å². The third kappa shape index (κ3) is 4.97. The Kier molecular flexibility index (Phi) is 7.06. The van der Waals surface area contributed by atoms with Gasteiger partial charge in [-0.1, -0.05) is 19.1 Å². The Bertz CT molecular complexity index is 986. The van der Waals surface area contributed by atoms with Gasteiger partial charge in [-0.25, -0.2) is 9.37 Å². The van der Waals surface area contributed by atoms with E-state index in [0.717, 1.165) is 12.0 Å². The molecule has 7 heteroatoms. The zero-order valence-electron chi connectivity index (χ0n) is 17.4. The number of hydrogen-bond donors (Lipinski definition) is 1. The van der Waals surface area contributed by atoms with Crippen LogP contribution < -0.4 is 14.8 Å². The van der Waals surface area contributed by atoms with Crippen molar-refractivity contribution in [3.05, 3.63) is 77.6 Å². The van der Waals surface area contributed by atoms with Crippen molar-refractivity contribution in [3.8, 4) is 11.5 Å². The maximum Gasteiger partial charge on any atom is 0.252 e. The zero-order chi connectivity index (χ0) is 21.5.